The van der Waals surface area contributed by atoms with Crippen molar-refractivity contribution in [2.75, 3.05) is 6.61 Å². The van der Waals surface area contributed by atoms with E-state index in [9.17, 15) is 25.2 Å². The largest absolute Gasteiger partial charge is 0.478 e. The smallest absolute Gasteiger partial charge is 0.334 e. The molecular weight excluding hydrogens is 292 g/mol. The van der Waals surface area contributed by atoms with Crippen LogP contribution in [-0.4, -0.2) is 68.6 Å². The van der Waals surface area contributed by atoms with Crippen molar-refractivity contribution in [1.29, 1.82) is 0 Å². The number of rotatable bonds is 4. The van der Waals surface area contributed by atoms with Crippen LogP contribution in [0.25, 0.3) is 6.08 Å². The summed E-state index contributed by atoms with van der Waals surface area (Å²) >= 11 is 0. The summed E-state index contributed by atoms with van der Waals surface area (Å²) in [7, 11) is 0. The van der Waals surface area contributed by atoms with Crippen LogP contribution in [-0.2, 0) is 9.53 Å². The molecule has 1 heterocycles. The van der Waals surface area contributed by atoms with Gasteiger partial charge in [-0.05, 0) is 11.6 Å². The number of carbonyl (C=O) groups is 1. The van der Waals surface area contributed by atoms with Crippen molar-refractivity contribution in [2.24, 2.45) is 0 Å². The molecule has 0 spiro atoms. The second kappa shape index (κ2) is 6.99. The van der Waals surface area contributed by atoms with Crippen LogP contribution in [0.1, 0.15) is 5.56 Å². The molecule has 0 saturated carbocycles. The van der Waals surface area contributed by atoms with Crippen molar-refractivity contribution < 1.29 is 35.1 Å². The lowest BCUT2D eigenvalue weighted by molar-refractivity contribution is -0.220. The van der Waals surface area contributed by atoms with E-state index in [2.05, 4.69) is 0 Å². The minimum Gasteiger partial charge on any atom is -0.478 e. The lowest BCUT2D eigenvalue weighted by atomic mass is 9.90. The van der Waals surface area contributed by atoms with E-state index in [1.165, 1.54) is 6.08 Å². The van der Waals surface area contributed by atoms with Crippen molar-refractivity contribution in [2.45, 2.75) is 30.5 Å². The summed E-state index contributed by atoms with van der Waals surface area (Å²) < 4.78 is 5.27. The molecule has 120 valence electrons. The first-order valence-corrected chi connectivity index (χ1v) is 6.76. The maximum absolute atomic E-state index is 11.5. The second-order valence-electron chi connectivity index (χ2n) is 5.07. The predicted molar refractivity (Wildman–Crippen MR) is 75.8 cm³/mol. The molecule has 1 fully saturated rings. The minimum absolute atomic E-state index is 0.275. The van der Waals surface area contributed by atoms with E-state index < -0.39 is 43.1 Å². The first-order chi connectivity index (χ1) is 10.5. The molecule has 5 N–H and O–H groups in total. The quantitative estimate of drug-likeness (QED) is 0.451. The molecule has 5 atom stereocenters. The number of benzene rings is 1. The van der Waals surface area contributed by atoms with Crippen LogP contribution in [0.15, 0.2) is 35.9 Å². The lowest BCUT2D eigenvalue weighted by Crippen LogP contribution is -2.59. The molecule has 2 rings (SSSR count). The molecule has 1 unspecified atom stereocenters. The molecule has 1 aromatic rings. The van der Waals surface area contributed by atoms with Crippen LogP contribution in [0.3, 0.4) is 0 Å². The monoisotopic (exact) mass is 310 g/mol. The highest BCUT2D eigenvalue weighted by molar-refractivity contribution is 5.93. The van der Waals surface area contributed by atoms with Gasteiger partial charge < -0.3 is 30.3 Å². The molecule has 0 aliphatic carbocycles. The number of aliphatic hydroxyl groups excluding tert-OH is 4. The van der Waals surface area contributed by atoms with Gasteiger partial charge >= 0.3 is 5.97 Å². The Morgan fingerprint density at radius 1 is 1.09 bits per heavy atom. The van der Waals surface area contributed by atoms with Crippen LogP contribution in [0.5, 0.6) is 0 Å². The molecule has 1 aliphatic heterocycles. The highest BCUT2D eigenvalue weighted by atomic mass is 16.5. The SMILES string of the molecule is O=C(O)C(=Cc1ccccc1)C1O[C@H](CO)[C@@H](O)[C@H](O)[C@H]1O. The van der Waals surface area contributed by atoms with Crippen LogP contribution in [0.4, 0.5) is 0 Å². The van der Waals surface area contributed by atoms with E-state index in [-0.39, 0.29) is 5.57 Å². The van der Waals surface area contributed by atoms with E-state index in [0.717, 1.165) is 0 Å². The van der Waals surface area contributed by atoms with Gasteiger partial charge in [0.25, 0.3) is 0 Å². The summed E-state index contributed by atoms with van der Waals surface area (Å²) in [6.45, 7) is -0.611. The Kier molecular flexibility index (Phi) is 5.28. The van der Waals surface area contributed by atoms with Crippen LogP contribution >= 0.6 is 0 Å². The summed E-state index contributed by atoms with van der Waals surface area (Å²) in [5.41, 5.74) is 0.306. The van der Waals surface area contributed by atoms with Crippen LogP contribution in [0, 0.1) is 0 Å². The van der Waals surface area contributed by atoms with Gasteiger partial charge in [0.2, 0.25) is 0 Å². The highest BCUT2D eigenvalue weighted by Crippen LogP contribution is 2.27. The van der Waals surface area contributed by atoms with Gasteiger partial charge in [0.15, 0.2) is 0 Å². The Bertz CT molecular complexity index is 540. The molecule has 0 amide bonds. The number of hydrogen-bond acceptors (Lipinski definition) is 6. The Morgan fingerprint density at radius 2 is 1.73 bits per heavy atom. The van der Waals surface area contributed by atoms with E-state index >= 15 is 0 Å². The Hall–Kier alpha value is -1.77. The molecule has 22 heavy (non-hydrogen) atoms. The normalized spacial score (nSPS) is 32.7. The zero-order valence-corrected chi connectivity index (χ0v) is 11.6. The molecule has 7 heteroatoms. The summed E-state index contributed by atoms with van der Waals surface area (Å²) in [6.07, 6.45) is -5.97. The summed E-state index contributed by atoms with van der Waals surface area (Å²) in [4.78, 5) is 11.5. The standard InChI is InChI=1S/C15H18O7/c16-7-10-11(17)12(18)13(19)14(22-10)9(15(20)21)6-8-4-2-1-3-5-8/h1-6,10-14,16-19H,7H2,(H,20,21)/t10-,11-,12+,13-,14?/m1/s1. The summed E-state index contributed by atoms with van der Waals surface area (Å²) in [5.74, 6) is -1.33. The van der Waals surface area contributed by atoms with Crippen LogP contribution < -0.4 is 0 Å². The predicted octanol–water partition coefficient (Wildman–Crippen LogP) is -1.00. The van der Waals surface area contributed by atoms with Crippen molar-refractivity contribution in [3.05, 3.63) is 41.5 Å². The average Bonchev–Trinajstić information content (AvgIpc) is 2.52. The molecule has 1 aliphatic rings. The van der Waals surface area contributed by atoms with Crippen molar-refractivity contribution >= 4 is 12.0 Å². The highest BCUT2D eigenvalue weighted by Gasteiger charge is 2.46. The molecule has 7 nitrogen and oxygen atoms in total. The number of aliphatic carboxylic acids is 1. The maximum atomic E-state index is 11.5. The molecule has 1 saturated heterocycles. The third kappa shape index (κ3) is 3.34. The van der Waals surface area contributed by atoms with E-state index in [0.29, 0.717) is 5.56 Å². The molecule has 1 aromatic carbocycles. The zero-order chi connectivity index (χ0) is 16.3. The number of hydrogen-bond donors (Lipinski definition) is 5. The summed E-state index contributed by atoms with van der Waals surface area (Å²) in [6, 6.07) is 8.56. The lowest BCUT2D eigenvalue weighted by Gasteiger charge is -2.40. The van der Waals surface area contributed by atoms with Gasteiger partial charge in [0.1, 0.15) is 30.5 Å². The van der Waals surface area contributed by atoms with Crippen LogP contribution in [0.2, 0.25) is 0 Å². The topological polar surface area (TPSA) is 127 Å². The fourth-order valence-corrected chi connectivity index (χ4v) is 2.35. The second-order valence-corrected chi connectivity index (χ2v) is 5.07. The molecular formula is C15H18O7. The Morgan fingerprint density at radius 3 is 2.27 bits per heavy atom. The van der Waals surface area contributed by atoms with Gasteiger partial charge in [-0.25, -0.2) is 4.79 Å². The number of carboxylic acid groups (broad SMARTS) is 1. The van der Waals surface area contributed by atoms with Gasteiger partial charge in [-0.3, -0.25) is 0 Å². The van der Waals surface area contributed by atoms with Gasteiger partial charge in [-0.2, -0.15) is 0 Å². The average molecular weight is 310 g/mol. The number of ether oxygens (including phenoxy) is 1. The van der Waals surface area contributed by atoms with E-state index in [1.807, 2.05) is 0 Å². The van der Waals surface area contributed by atoms with Gasteiger partial charge in [0.05, 0.1) is 12.2 Å². The van der Waals surface area contributed by atoms with E-state index in [1.54, 1.807) is 30.3 Å². The number of aliphatic hydroxyl groups is 4. The fraction of sp³-hybridized carbons (Fsp3) is 0.400. The van der Waals surface area contributed by atoms with Gasteiger partial charge in [-0.1, -0.05) is 30.3 Å². The van der Waals surface area contributed by atoms with Gasteiger partial charge in [-0.15, -0.1) is 0 Å². The molecule has 0 aromatic heterocycles. The van der Waals surface area contributed by atoms with Crippen molar-refractivity contribution in [3.63, 3.8) is 0 Å². The Labute approximate surface area is 126 Å². The third-order valence-corrected chi connectivity index (χ3v) is 3.57. The van der Waals surface area contributed by atoms with Crippen molar-refractivity contribution in [3.8, 4) is 0 Å². The number of carboxylic acids is 1. The van der Waals surface area contributed by atoms with Crippen molar-refractivity contribution in [1.82, 2.24) is 0 Å². The first kappa shape index (κ1) is 16.6. The van der Waals surface area contributed by atoms with E-state index in [4.69, 9.17) is 9.84 Å². The third-order valence-electron chi connectivity index (χ3n) is 3.57. The minimum atomic E-state index is -1.62. The van der Waals surface area contributed by atoms with Gasteiger partial charge in [0, 0.05) is 0 Å². The molecule has 0 radical (unpaired) electrons. The Balaban J connectivity index is 2.35. The summed E-state index contributed by atoms with van der Waals surface area (Å²) in [5, 5.41) is 48.0. The first-order valence-electron chi connectivity index (χ1n) is 6.76. The fourth-order valence-electron chi connectivity index (χ4n) is 2.35. The molecule has 0 bridgehead atoms. The maximum Gasteiger partial charge on any atom is 0.334 e. The zero-order valence-electron chi connectivity index (χ0n) is 11.6.